The molecule has 0 aromatic heterocycles. The number of phenols is 1. The molecule has 4 heteroatoms. The van der Waals surface area contributed by atoms with Crippen molar-refractivity contribution in [2.24, 2.45) is 5.92 Å². The number of allylic oxidation sites excluding steroid dienone is 1. The predicted molar refractivity (Wildman–Crippen MR) is 143 cm³/mol. The van der Waals surface area contributed by atoms with Crippen LogP contribution in [0.4, 0.5) is 0 Å². The normalized spacial score (nSPS) is 20.2. The van der Waals surface area contributed by atoms with E-state index in [0.29, 0.717) is 5.75 Å². The van der Waals surface area contributed by atoms with Gasteiger partial charge >= 0.3 is 0 Å². The molecular formula is C31H33NO3. The molecular weight excluding hydrogens is 434 g/mol. The Bertz CT molecular complexity index is 1260. The third kappa shape index (κ3) is 4.98. The number of hydrogen-bond acceptors (Lipinski definition) is 4. The highest BCUT2D eigenvalue weighted by atomic mass is 16.5. The molecule has 180 valence electrons. The van der Waals surface area contributed by atoms with Crippen LogP contribution in [0.1, 0.15) is 48.6 Å². The summed E-state index contributed by atoms with van der Waals surface area (Å²) in [5, 5.41) is 10.1. The fourth-order valence-corrected chi connectivity index (χ4v) is 5.15. The Kier molecular flexibility index (Phi) is 6.65. The Morgan fingerprint density at radius 3 is 2.66 bits per heavy atom. The molecule has 3 aromatic carbocycles. The van der Waals surface area contributed by atoms with Crippen LogP contribution in [-0.4, -0.2) is 36.8 Å². The van der Waals surface area contributed by atoms with Crippen molar-refractivity contribution in [3.63, 3.8) is 0 Å². The fourth-order valence-electron chi connectivity index (χ4n) is 5.15. The summed E-state index contributed by atoms with van der Waals surface area (Å²) in [6.07, 6.45) is 5.47. The van der Waals surface area contributed by atoms with Crippen LogP contribution in [0.2, 0.25) is 0 Å². The van der Waals surface area contributed by atoms with E-state index < -0.39 is 0 Å². The molecule has 2 aliphatic rings. The second-order valence-corrected chi connectivity index (χ2v) is 9.67. The first kappa shape index (κ1) is 23.3. The highest BCUT2D eigenvalue weighted by Crippen LogP contribution is 2.47. The highest BCUT2D eigenvalue weighted by Gasteiger charge is 2.29. The van der Waals surface area contributed by atoms with Crippen LogP contribution in [0, 0.1) is 5.92 Å². The van der Waals surface area contributed by atoms with Gasteiger partial charge in [0.2, 0.25) is 0 Å². The van der Waals surface area contributed by atoms with Crippen LogP contribution < -0.4 is 9.47 Å². The SMILES string of the molecule is COc1cccc(C2=C(C)c3ccc(O)cc3OC2c2ccc(/C=C\CN3CC[C@@H](C)C3)cc2)c1. The molecule has 2 aliphatic heterocycles. The quantitative estimate of drug-likeness (QED) is 0.432. The minimum Gasteiger partial charge on any atom is -0.508 e. The molecule has 2 atom stereocenters. The number of rotatable bonds is 6. The standard InChI is InChI=1S/C31H33NO3/c1-21-15-17-32(20-21)16-5-6-23-9-11-24(12-10-23)31-30(25-7-4-8-27(18-25)34-3)22(2)28-14-13-26(33)19-29(28)35-31/h4-14,18-19,21,31,33H,15-17,20H2,1-3H3/b6-5-/t21-,31?/m1/s1. The lowest BCUT2D eigenvalue weighted by atomic mass is 9.86. The summed E-state index contributed by atoms with van der Waals surface area (Å²) in [6.45, 7) is 7.83. The summed E-state index contributed by atoms with van der Waals surface area (Å²) in [7, 11) is 1.68. The zero-order valence-electron chi connectivity index (χ0n) is 20.7. The molecule has 5 rings (SSSR count). The lowest BCUT2D eigenvalue weighted by Gasteiger charge is -2.31. The Hall–Kier alpha value is -3.50. The number of aromatic hydroxyl groups is 1. The van der Waals surface area contributed by atoms with E-state index in [1.165, 1.54) is 25.1 Å². The number of likely N-dealkylation sites (tertiary alicyclic amines) is 1. The molecule has 0 bridgehead atoms. The van der Waals surface area contributed by atoms with Gasteiger partial charge < -0.3 is 14.6 Å². The summed E-state index contributed by atoms with van der Waals surface area (Å²) in [6, 6.07) is 22.0. The van der Waals surface area contributed by atoms with Crippen LogP contribution in [-0.2, 0) is 0 Å². The van der Waals surface area contributed by atoms with E-state index in [9.17, 15) is 5.11 Å². The first-order valence-electron chi connectivity index (χ1n) is 12.4. The largest absolute Gasteiger partial charge is 0.508 e. The van der Waals surface area contributed by atoms with E-state index in [4.69, 9.17) is 9.47 Å². The van der Waals surface area contributed by atoms with E-state index in [0.717, 1.165) is 46.0 Å². The maximum atomic E-state index is 10.1. The van der Waals surface area contributed by atoms with E-state index in [1.807, 2.05) is 18.2 Å². The van der Waals surface area contributed by atoms with E-state index in [2.05, 4.69) is 67.3 Å². The van der Waals surface area contributed by atoms with Crippen molar-refractivity contribution in [3.05, 3.63) is 95.1 Å². The van der Waals surface area contributed by atoms with Gasteiger partial charge in [-0.2, -0.15) is 0 Å². The first-order chi connectivity index (χ1) is 17.0. The van der Waals surface area contributed by atoms with Gasteiger partial charge in [-0.15, -0.1) is 0 Å². The Balaban J connectivity index is 1.45. The third-order valence-corrected chi connectivity index (χ3v) is 7.08. The van der Waals surface area contributed by atoms with E-state index in [-0.39, 0.29) is 11.9 Å². The maximum absolute atomic E-state index is 10.1. The molecule has 0 aliphatic carbocycles. The van der Waals surface area contributed by atoms with Crippen molar-refractivity contribution in [2.75, 3.05) is 26.7 Å². The van der Waals surface area contributed by atoms with E-state index >= 15 is 0 Å². The third-order valence-electron chi connectivity index (χ3n) is 7.08. The molecule has 0 radical (unpaired) electrons. The van der Waals surface area contributed by atoms with E-state index in [1.54, 1.807) is 19.2 Å². The Morgan fingerprint density at radius 1 is 1.09 bits per heavy atom. The Labute approximate surface area is 208 Å². The molecule has 3 aromatic rings. The number of benzene rings is 3. The minimum atomic E-state index is -0.291. The number of fused-ring (bicyclic) bond motifs is 1. The lowest BCUT2D eigenvalue weighted by Crippen LogP contribution is -2.19. The van der Waals surface area contributed by atoms with Gasteiger partial charge in [0.15, 0.2) is 0 Å². The second-order valence-electron chi connectivity index (χ2n) is 9.67. The van der Waals surface area contributed by atoms with Gasteiger partial charge in [-0.3, -0.25) is 4.90 Å². The van der Waals surface area contributed by atoms with Crippen molar-refractivity contribution >= 4 is 17.2 Å². The summed E-state index contributed by atoms with van der Waals surface area (Å²) in [5.74, 6) is 2.52. The number of hydrogen-bond donors (Lipinski definition) is 1. The molecule has 1 unspecified atom stereocenters. The molecule has 35 heavy (non-hydrogen) atoms. The number of nitrogens with zero attached hydrogens (tertiary/aromatic N) is 1. The van der Waals surface area contributed by atoms with Crippen LogP contribution in [0.25, 0.3) is 17.2 Å². The molecule has 0 saturated carbocycles. The zero-order chi connectivity index (χ0) is 24.4. The van der Waals surface area contributed by atoms with Gasteiger partial charge in [-0.25, -0.2) is 0 Å². The topological polar surface area (TPSA) is 41.9 Å². The van der Waals surface area contributed by atoms with Gasteiger partial charge in [0, 0.05) is 30.3 Å². The molecule has 1 fully saturated rings. The Morgan fingerprint density at radius 2 is 1.91 bits per heavy atom. The molecule has 4 nitrogen and oxygen atoms in total. The van der Waals surface area contributed by atoms with Gasteiger partial charge in [0.05, 0.1) is 7.11 Å². The molecule has 1 N–H and O–H groups in total. The monoisotopic (exact) mass is 467 g/mol. The summed E-state index contributed by atoms with van der Waals surface area (Å²) in [5.41, 5.74) is 6.55. The van der Waals surface area contributed by atoms with Crippen molar-refractivity contribution in [1.82, 2.24) is 4.90 Å². The molecule has 1 saturated heterocycles. The van der Waals surface area contributed by atoms with Crippen molar-refractivity contribution in [3.8, 4) is 17.2 Å². The highest BCUT2D eigenvalue weighted by molar-refractivity contribution is 5.95. The average Bonchev–Trinajstić information content (AvgIpc) is 3.29. The number of phenolic OH excluding ortho intramolecular Hbond substituents is 1. The number of ether oxygens (including phenoxy) is 2. The van der Waals surface area contributed by atoms with Crippen LogP contribution >= 0.6 is 0 Å². The molecule has 0 spiro atoms. The summed E-state index contributed by atoms with van der Waals surface area (Å²) in [4.78, 5) is 2.51. The maximum Gasteiger partial charge on any atom is 0.150 e. The second kappa shape index (κ2) is 10.0. The van der Waals surface area contributed by atoms with Gasteiger partial charge in [-0.1, -0.05) is 55.5 Å². The number of methoxy groups -OCH3 is 1. The van der Waals surface area contributed by atoms with Crippen molar-refractivity contribution in [1.29, 1.82) is 0 Å². The first-order valence-corrected chi connectivity index (χ1v) is 12.4. The smallest absolute Gasteiger partial charge is 0.150 e. The molecule has 0 amide bonds. The predicted octanol–water partition coefficient (Wildman–Crippen LogP) is 6.82. The van der Waals surface area contributed by atoms with Gasteiger partial charge in [-0.05, 0) is 72.3 Å². The average molecular weight is 468 g/mol. The molecule has 2 heterocycles. The van der Waals surface area contributed by atoms with Crippen LogP contribution in [0.5, 0.6) is 17.2 Å². The van der Waals surface area contributed by atoms with Gasteiger partial charge in [0.1, 0.15) is 23.4 Å². The van der Waals surface area contributed by atoms with Crippen LogP contribution in [0.15, 0.2) is 72.8 Å². The lowest BCUT2D eigenvalue weighted by molar-refractivity contribution is 0.259. The van der Waals surface area contributed by atoms with Gasteiger partial charge in [0.25, 0.3) is 0 Å². The van der Waals surface area contributed by atoms with Crippen molar-refractivity contribution < 1.29 is 14.6 Å². The minimum absolute atomic E-state index is 0.202. The zero-order valence-corrected chi connectivity index (χ0v) is 20.7. The fraction of sp³-hybridized carbons (Fsp3) is 0.290. The summed E-state index contributed by atoms with van der Waals surface area (Å²) >= 11 is 0. The summed E-state index contributed by atoms with van der Waals surface area (Å²) < 4.78 is 12.0. The van der Waals surface area contributed by atoms with Crippen molar-refractivity contribution in [2.45, 2.75) is 26.4 Å². The van der Waals surface area contributed by atoms with Crippen LogP contribution in [0.3, 0.4) is 0 Å².